The van der Waals surface area contributed by atoms with Gasteiger partial charge in [-0.1, -0.05) is 0 Å². The molecule has 0 fully saturated rings. The number of rotatable bonds is 1. The van der Waals surface area contributed by atoms with Crippen LogP contribution >= 0.6 is 0 Å². The Morgan fingerprint density at radius 2 is 2.07 bits per heavy atom. The summed E-state index contributed by atoms with van der Waals surface area (Å²) in [6.45, 7) is 5.35. The van der Waals surface area contributed by atoms with Gasteiger partial charge in [0.15, 0.2) is 0 Å². The Hall–Kier alpha value is -1.78. The Bertz CT molecular complexity index is 348. The summed E-state index contributed by atoms with van der Waals surface area (Å²) in [5.74, 6) is -0.805. The molecule has 0 unspecified atom stereocenters. The lowest BCUT2D eigenvalue weighted by Crippen LogP contribution is -2.41. The summed E-state index contributed by atoms with van der Waals surface area (Å²) in [6, 6.07) is 2.96. The maximum Gasteiger partial charge on any atom is 0.415 e. The zero-order chi connectivity index (χ0) is 11.5. The second-order valence-corrected chi connectivity index (χ2v) is 4.03. The highest BCUT2D eigenvalue weighted by Crippen LogP contribution is 2.04. The monoisotopic (exact) mass is 211 g/mol. The molecular formula is C10H13NO4. The van der Waals surface area contributed by atoms with Crippen LogP contribution in [0.3, 0.4) is 0 Å². The fraction of sp³-hybridized carbons (Fsp3) is 0.400. The van der Waals surface area contributed by atoms with Crippen LogP contribution in [0.4, 0.5) is 4.79 Å². The van der Waals surface area contributed by atoms with E-state index in [-0.39, 0.29) is 5.76 Å². The van der Waals surface area contributed by atoms with Gasteiger partial charge >= 0.3 is 12.1 Å². The predicted octanol–water partition coefficient (Wildman–Crippen LogP) is 1.94. The average molecular weight is 211 g/mol. The number of nitrogens with one attached hydrogen (secondary N) is 1. The third-order valence-corrected chi connectivity index (χ3v) is 1.38. The lowest BCUT2D eigenvalue weighted by atomic mass is 10.1. The van der Waals surface area contributed by atoms with Crippen LogP contribution in [0.5, 0.6) is 0 Å². The molecule has 0 aromatic carbocycles. The van der Waals surface area contributed by atoms with E-state index in [1.807, 2.05) is 0 Å². The molecule has 0 aliphatic carbocycles. The number of hydrogen-bond donors (Lipinski definition) is 1. The minimum Gasteiger partial charge on any atom is -0.457 e. The molecule has 0 radical (unpaired) electrons. The van der Waals surface area contributed by atoms with E-state index in [2.05, 4.69) is 10.1 Å². The van der Waals surface area contributed by atoms with Crippen LogP contribution in [-0.4, -0.2) is 17.6 Å². The molecule has 15 heavy (non-hydrogen) atoms. The standard InChI is InChI=1S/C10H13NO4/c1-10(2,3)11-9(13)15-8(12)7-5-4-6-14-7/h4-6H,1-3H3,(H,11,13). The maximum absolute atomic E-state index is 11.2. The molecule has 1 amide bonds. The van der Waals surface area contributed by atoms with Crippen LogP contribution in [0.2, 0.25) is 0 Å². The molecule has 0 atom stereocenters. The van der Waals surface area contributed by atoms with Crippen molar-refractivity contribution in [3.8, 4) is 0 Å². The molecule has 0 bridgehead atoms. The highest BCUT2D eigenvalue weighted by molar-refractivity contribution is 5.94. The van der Waals surface area contributed by atoms with Crippen molar-refractivity contribution in [3.63, 3.8) is 0 Å². The Morgan fingerprint density at radius 1 is 1.40 bits per heavy atom. The van der Waals surface area contributed by atoms with E-state index in [0.29, 0.717) is 0 Å². The molecule has 1 aromatic rings. The molecule has 0 spiro atoms. The van der Waals surface area contributed by atoms with Gasteiger partial charge in [-0.3, -0.25) is 0 Å². The minimum absolute atomic E-state index is 0.000871. The summed E-state index contributed by atoms with van der Waals surface area (Å²) in [5, 5.41) is 2.49. The zero-order valence-electron chi connectivity index (χ0n) is 8.87. The van der Waals surface area contributed by atoms with Gasteiger partial charge in [0.2, 0.25) is 5.76 Å². The van der Waals surface area contributed by atoms with Gasteiger partial charge in [0.25, 0.3) is 0 Å². The van der Waals surface area contributed by atoms with Crippen molar-refractivity contribution in [2.75, 3.05) is 0 Å². The third-order valence-electron chi connectivity index (χ3n) is 1.38. The van der Waals surface area contributed by atoms with Crippen LogP contribution < -0.4 is 5.32 Å². The number of hydrogen-bond acceptors (Lipinski definition) is 4. The number of ether oxygens (including phenoxy) is 1. The second-order valence-electron chi connectivity index (χ2n) is 4.03. The smallest absolute Gasteiger partial charge is 0.415 e. The number of alkyl carbamates (subject to hydrolysis) is 1. The first-order valence-corrected chi connectivity index (χ1v) is 4.46. The molecule has 1 N–H and O–H groups in total. The molecule has 1 aromatic heterocycles. The summed E-state index contributed by atoms with van der Waals surface area (Å²) in [7, 11) is 0. The Labute approximate surface area is 87.4 Å². The zero-order valence-corrected chi connectivity index (χ0v) is 8.87. The van der Waals surface area contributed by atoms with E-state index < -0.39 is 17.6 Å². The molecule has 5 heteroatoms. The van der Waals surface area contributed by atoms with Gasteiger partial charge in [-0.15, -0.1) is 0 Å². The first kappa shape index (κ1) is 11.3. The molecule has 0 aliphatic rings. The molecular weight excluding hydrogens is 198 g/mol. The fourth-order valence-corrected chi connectivity index (χ4v) is 0.861. The lowest BCUT2D eigenvalue weighted by Gasteiger charge is -2.18. The Kier molecular flexibility index (Phi) is 3.14. The van der Waals surface area contributed by atoms with E-state index in [4.69, 9.17) is 4.42 Å². The van der Waals surface area contributed by atoms with Crippen molar-refractivity contribution in [1.29, 1.82) is 0 Å². The van der Waals surface area contributed by atoms with Gasteiger partial charge in [-0.2, -0.15) is 0 Å². The summed E-state index contributed by atoms with van der Waals surface area (Å²) < 4.78 is 9.26. The summed E-state index contributed by atoms with van der Waals surface area (Å²) in [4.78, 5) is 22.4. The molecule has 82 valence electrons. The summed E-state index contributed by atoms with van der Waals surface area (Å²) >= 11 is 0. The van der Waals surface area contributed by atoms with Gasteiger partial charge in [0, 0.05) is 5.54 Å². The highest BCUT2D eigenvalue weighted by Gasteiger charge is 2.19. The number of carbonyl (C=O) groups is 2. The molecule has 0 aliphatic heterocycles. The van der Waals surface area contributed by atoms with E-state index in [0.717, 1.165) is 0 Å². The Balaban J connectivity index is 2.50. The number of amides is 1. The van der Waals surface area contributed by atoms with Crippen LogP contribution in [0, 0.1) is 0 Å². The van der Waals surface area contributed by atoms with Crippen molar-refractivity contribution < 1.29 is 18.7 Å². The van der Waals surface area contributed by atoms with Gasteiger partial charge in [0.05, 0.1) is 6.26 Å². The second kappa shape index (κ2) is 4.16. The number of furan rings is 1. The molecule has 1 rings (SSSR count). The van der Waals surface area contributed by atoms with Crippen molar-refractivity contribution >= 4 is 12.1 Å². The SMILES string of the molecule is CC(C)(C)NC(=O)OC(=O)c1ccco1. The van der Waals surface area contributed by atoms with Gasteiger partial charge in [-0.05, 0) is 32.9 Å². The summed E-state index contributed by atoms with van der Waals surface area (Å²) in [5.41, 5.74) is -0.444. The van der Waals surface area contributed by atoms with Crippen molar-refractivity contribution in [1.82, 2.24) is 5.32 Å². The van der Waals surface area contributed by atoms with Crippen molar-refractivity contribution in [3.05, 3.63) is 24.2 Å². The summed E-state index contributed by atoms with van der Waals surface area (Å²) in [6.07, 6.45) is 0.544. The normalized spacial score (nSPS) is 10.9. The number of carbonyl (C=O) groups excluding carboxylic acids is 2. The van der Waals surface area contributed by atoms with Crippen molar-refractivity contribution in [2.45, 2.75) is 26.3 Å². The van der Waals surface area contributed by atoms with Gasteiger partial charge < -0.3 is 14.5 Å². The number of esters is 1. The minimum atomic E-state index is -0.804. The highest BCUT2D eigenvalue weighted by atomic mass is 16.6. The Morgan fingerprint density at radius 3 is 2.53 bits per heavy atom. The topological polar surface area (TPSA) is 68.5 Å². The molecule has 1 heterocycles. The molecule has 0 saturated heterocycles. The predicted molar refractivity (Wildman–Crippen MR) is 52.4 cm³/mol. The van der Waals surface area contributed by atoms with E-state index >= 15 is 0 Å². The van der Waals surface area contributed by atoms with Crippen LogP contribution in [0.1, 0.15) is 31.3 Å². The van der Waals surface area contributed by atoms with Gasteiger partial charge in [0.1, 0.15) is 0 Å². The first-order chi connectivity index (χ1) is 6.88. The first-order valence-electron chi connectivity index (χ1n) is 4.46. The van der Waals surface area contributed by atoms with E-state index in [1.165, 1.54) is 18.4 Å². The maximum atomic E-state index is 11.2. The van der Waals surface area contributed by atoms with Crippen molar-refractivity contribution in [2.24, 2.45) is 0 Å². The fourth-order valence-electron chi connectivity index (χ4n) is 0.861. The van der Waals surface area contributed by atoms with E-state index in [9.17, 15) is 9.59 Å². The average Bonchev–Trinajstić information content (AvgIpc) is 2.50. The van der Waals surface area contributed by atoms with Crippen LogP contribution in [-0.2, 0) is 4.74 Å². The van der Waals surface area contributed by atoms with E-state index in [1.54, 1.807) is 20.8 Å². The molecule has 0 saturated carbocycles. The lowest BCUT2D eigenvalue weighted by molar-refractivity contribution is 0.0578. The quantitative estimate of drug-likeness (QED) is 0.569. The van der Waals surface area contributed by atoms with Gasteiger partial charge in [-0.25, -0.2) is 9.59 Å². The molecule has 5 nitrogen and oxygen atoms in total. The van der Waals surface area contributed by atoms with Crippen LogP contribution in [0.25, 0.3) is 0 Å². The third kappa shape index (κ3) is 3.84. The van der Waals surface area contributed by atoms with Crippen LogP contribution in [0.15, 0.2) is 22.8 Å². The largest absolute Gasteiger partial charge is 0.457 e.